The van der Waals surface area contributed by atoms with Crippen molar-refractivity contribution in [2.45, 2.75) is 32.2 Å². The fraction of sp³-hybridized carbons (Fsp3) is 0.455. The third-order valence-electron chi connectivity index (χ3n) is 2.70. The topological polar surface area (TPSA) is 51.8 Å². The Labute approximate surface area is 93.4 Å². The van der Waals surface area contributed by atoms with E-state index in [1.165, 1.54) is 4.70 Å². The molecule has 0 spiro atoms. The van der Waals surface area contributed by atoms with Crippen molar-refractivity contribution in [3.63, 3.8) is 0 Å². The minimum absolute atomic E-state index is 0.134. The maximum atomic E-state index is 5.98. The summed E-state index contributed by atoms with van der Waals surface area (Å²) in [5.41, 5.74) is 8.12. The molecule has 2 atom stereocenters. The highest BCUT2D eigenvalue weighted by atomic mass is 32.1. The Morgan fingerprint density at radius 2 is 2.27 bits per heavy atom. The Hall–Kier alpha value is -1.00. The largest absolute Gasteiger partial charge is 0.327 e. The molecule has 80 valence electrons. The molecule has 0 amide bonds. The molecule has 2 heterocycles. The van der Waals surface area contributed by atoms with Crippen LogP contribution in [0.1, 0.15) is 31.9 Å². The second-order valence-electron chi connectivity index (χ2n) is 3.77. The van der Waals surface area contributed by atoms with Crippen LogP contribution in [0.3, 0.4) is 0 Å². The van der Waals surface area contributed by atoms with Gasteiger partial charge in [0, 0.05) is 12.0 Å². The van der Waals surface area contributed by atoms with Crippen LogP contribution in [0.2, 0.25) is 0 Å². The van der Waals surface area contributed by atoms with Crippen LogP contribution in [0.4, 0.5) is 0 Å². The fourth-order valence-electron chi connectivity index (χ4n) is 1.89. The molecule has 15 heavy (non-hydrogen) atoms. The summed E-state index contributed by atoms with van der Waals surface area (Å²) in [5, 5.41) is 2.05. The number of hydrogen-bond donors (Lipinski definition) is 1. The van der Waals surface area contributed by atoms with Gasteiger partial charge in [0.15, 0.2) is 0 Å². The number of rotatable bonds is 3. The number of nitrogens with zero attached hydrogens (tertiary/aromatic N) is 2. The highest BCUT2D eigenvalue weighted by Crippen LogP contribution is 2.29. The lowest BCUT2D eigenvalue weighted by Gasteiger charge is -2.18. The average molecular weight is 221 g/mol. The highest BCUT2D eigenvalue weighted by Gasteiger charge is 2.18. The van der Waals surface area contributed by atoms with E-state index in [0.29, 0.717) is 5.92 Å². The molecule has 2 rings (SSSR count). The highest BCUT2D eigenvalue weighted by molar-refractivity contribution is 7.17. The molecular weight excluding hydrogens is 206 g/mol. The van der Waals surface area contributed by atoms with Crippen molar-refractivity contribution in [3.8, 4) is 0 Å². The summed E-state index contributed by atoms with van der Waals surface area (Å²) in [7, 11) is 0. The lowest BCUT2D eigenvalue weighted by molar-refractivity contribution is 0.544. The van der Waals surface area contributed by atoms with Gasteiger partial charge in [-0.3, -0.25) is 0 Å². The first kappa shape index (κ1) is 10.5. The number of hydrogen-bond acceptors (Lipinski definition) is 4. The molecule has 0 saturated heterocycles. The van der Waals surface area contributed by atoms with E-state index in [1.807, 2.05) is 13.0 Å². The summed E-state index contributed by atoms with van der Waals surface area (Å²) in [6.45, 7) is 4.19. The van der Waals surface area contributed by atoms with Gasteiger partial charge in [-0.15, -0.1) is 11.3 Å². The Morgan fingerprint density at radius 1 is 1.47 bits per heavy atom. The predicted octanol–water partition coefficient (Wildman–Crippen LogP) is 2.53. The molecule has 2 aromatic heterocycles. The van der Waals surface area contributed by atoms with E-state index in [4.69, 9.17) is 5.73 Å². The third-order valence-corrected chi connectivity index (χ3v) is 3.62. The molecule has 0 aliphatic heterocycles. The summed E-state index contributed by atoms with van der Waals surface area (Å²) in [4.78, 5) is 8.63. The van der Waals surface area contributed by atoms with Gasteiger partial charge in [0.2, 0.25) is 0 Å². The van der Waals surface area contributed by atoms with Gasteiger partial charge in [-0.05, 0) is 24.8 Å². The third kappa shape index (κ3) is 1.87. The summed E-state index contributed by atoms with van der Waals surface area (Å²) in [6.07, 6.45) is 2.65. The molecule has 3 nitrogen and oxygen atoms in total. The minimum atomic E-state index is 0.134. The Balaban J connectivity index is 2.54. The molecule has 0 radical (unpaired) electrons. The van der Waals surface area contributed by atoms with Crippen LogP contribution in [-0.2, 0) is 0 Å². The normalized spacial score (nSPS) is 15.4. The van der Waals surface area contributed by atoms with Crippen LogP contribution >= 0.6 is 11.3 Å². The second-order valence-corrected chi connectivity index (χ2v) is 4.68. The molecule has 0 bridgehead atoms. The standard InChI is InChI=1S/C11H15N3S/c1-3-8(7(2)12)10-11-9(4-5-15-11)13-6-14-10/h4-8H,3,12H2,1-2H3. The predicted molar refractivity (Wildman–Crippen MR) is 64.1 cm³/mol. The van der Waals surface area contributed by atoms with Crippen LogP contribution in [0.25, 0.3) is 10.2 Å². The quantitative estimate of drug-likeness (QED) is 0.866. The van der Waals surface area contributed by atoms with E-state index < -0.39 is 0 Å². The summed E-state index contributed by atoms with van der Waals surface area (Å²) < 4.78 is 1.18. The van der Waals surface area contributed by atoms with Crippen molar-refractivity contribution >= 4 is 21.6 Å². The Bertz CT molecular complexity index is 450. The van der Waals surface area contributed by atoms with E-state index in [0.717, 1.165) is 17.6 Å². The van der Waals surface area contributed by atoms with Crippen molar-refractivity contribution in [1.29, 1.82) is 0 Å². The fourth-order valence-corrected chi connectivity index (χ4v) is 2.79. The lowest BCUT2D eigenvalue weighted by Crippen LogP contribution is -2.25. The number of nitrogens with two attached hydrogens (primary N) is 1. The molecule has 2 N–H and O–H groups in total. The van der Waals surface area contributed by atoms with Gasteiger partial charge < -0.3 is 5.73 Å². The molecular formula is C11H15N3S. The first-order chi connectivity index (χ1) is 7.24. The zero-order valence-corrected chi connectivity index (χ0v) is 9.79. The van der Waals surface area contributed by atoms with Gasteiger partial charge in [0.05, 0.1) is 15.9 Å². The van der Waals surface area contributed by atoms with E-state index in [2.05, 4.69) is 22.3 Å². The molecule has 0 aliphatic carbocycles. The van der Waals surface area contributed by atoms with E-state index in [-0.39, 0.29) is 6.04 Å². The minimum Gasteiger partial charge on any atom is -0.327 e. The summed E-state index contributed by atoms with van der Waals surface area (Å²) in [5.74, 6) is 0.328. The SMILES string of the molecule is CCC(c1ncnc2ccsc12)C(C)N. The second kappa shape index (κ2) is 4.24. The number of thiophene rings is 1. The van der Waals surface area contributed by atoms with Crippen LogP contribution in [0.15, 0.2) is 17.8 Å². The van der Waals surface area contributed by atoms with E-state index in [9.17, 15) is 0 Å². The van der Waals surface area contributed by atoms with Crippen molar-refractivity contribution in [2.75, 3.05) is 0 Å². The van der Waals surface area contributed by atoms with Crippen LogP contribution in [0.5, 0.6) is 0 Å². The van der Waals surface area contributed by atoms with Crippen molar-refractivity contribution in [1.82, 2.24) is 9.97 Å². The van der Waals surface area contributed by atoms with Crippen molar-refractivity contribution in [2.24, 2.45) is 5.73 Å². The van der Waals surface area contributed by atoms with Crippen molar-refractivity contribution < 1.29 is 0 Å². The smallest absolute Gasteiger partial charge is 0.116 e. The van der Waals surface area contributed by atoms with Gasteiger partial charge in [-0.2, -0.15) is 0 Å². The van der Waals surface area contributed by atoms with E-state index in [1.54, 1.807) is 17.7 Å². The molecule has 0 aliphatic rings. The Kier molecular flexibility index (Phi) is 2.98. The van der Waals surface area contributed by atoms with Crippen molar-refractivity contribution in [3.05, 3.63) is 23.5 Å². The average Bonchev–Trinajstić information content (AvgIpc) is 2.66. The zero-order chi connectivity index (χ0) is 10.8. The first-order valence-electron chi connectivity index (χ1n) is 5.17. The molecule has 0 aromatic carbocycles. The van der Waals surface area contributed by atoms with Gasteiger partial charge in [0.25, 0.3) is 0 Å². The molecule has 2 aromatic rings. The van der Waals surface area contributed by atoms with Crippen LogP contribution in [0, 0.1) is 0 Å². The van der Waals surface area contributed by atoms with Crippen LogP contribution < -0.4 is 5.73 Å². The first-order valence-corrected chi connectivity index (χ1v) is 6.05. The number of aromatic nitrogens is 2. The lowest BCUT2D eigenvalue weighted by atomic mass is 9.95. The molecule has 2 unspecified atom stereocenters. The van der Waals surface area contributed by atoms with Gasteiger partial charge >= 0.3 is 0 Å². The summed E-state index contributed by atoms with van der Waals surface area (Å²) >= 11 is 1.69. The Morgan fingerprint density at radius 3 is 2.93 bits per heavy atom. The number of fused-ring (bicyclic) bond motifs is 1. The molecule has 0 fully saturated rings. The van der Waals surface area contributed by atoms with E-state index >= 15 is 0 Å². The maximum absolute atomic E-state index is 5.98. The van der Waals surface area contributed by atoms with Crippen LogP contribution in [-0.4, -0.2) is 16.0 Å². The molecule has 0 saturated carbocycles. The van der Waals surface area contributed by atoms with Gasteiger partial charge in [0.1, 0.15) is 6.33 Å². The maximum Gasteiger partial charge on any atom is 0.116 e. The van der Waals surface area contributed by atoms with Gasteiger partial charge in [-0.1, -0.05) is 6.92 Å². The zero-order valence-electron chi connectivity index (χ0n) is 8.97. The summed E-state index contributed by atoms with van der Waals surface area (Å²) in [6, 6.07) is 2.16. The monoisotopic (exact) mass is 221 g/mol. The molecule has 4 heteroatoms. The van der Waals surface area contributed by atoms with Gasteiger partial charge in [-0.25, -0.2) is 9.97 Å².